The molecule has 0 N–H and O–H groups in total. The number of aromatic nitrogens is 2. The van der Waals surface area contributed by atoms with Crippen molar-refractivity contribution in [1.82, 2.24) is 10.2 Å². The van der Waals surface area contributed by atoms with Crippen LogP contribution in [-0.4, -0.2) is 29.4 Å². The van der Waals surface area contributed by atoms with E-state index in [0.717, 1.165) is 12.1 Å². The van der Waals surface area contributed by atoms with E-state index in [0.29, 0.717) is 12.4 Å². The number of anilines is 1. The molecule has 23 heavy (non-hydrogen) atoms. The first-order valence-corrected chi connectivity index (χ1v) is 7.07. The number of aryl methyl sites for hydroxylation is 1. The summed E-state index contributed by atoms with van der Waals surface area (Å²) < 4.78 is 39.5. The van der Waals surface area contributed by atoms with Gasteiger partial charge in [-0.3, -0.25) is 0 Å². The third-order valence-electron chi connectivity index (χ3n) is 3.54. The number of nitriles is 1. The Morgan fingerprint density at radius 2 is 1.96 bits per heavy atom. The molecule has 2 heterocycles. The molecule has 0 aliphatic carbocycles. The zero-order valence-electron chi connectivity index (χ0n) is 12.6. The van der Waals surface area contributed by atoms with Gasteiger partial charge in [0.25, 0.3) is 0 Å². The van der Waals surface area contributed by atoms with Crippen LogP contribution in [0.5, 0.6) is 0 Å². The number of benzene rings is 1. The number of morpholine rings is 1. The van der Waals surface area contributed by atoms with E-state index in [1.54, 1.807) is 19.9 Å². The maximum Gasteiger partial charge on any atom is 0.247 e. The van der Waals surface area contributed by atoms with Crippen molar-refractivity contribution in [1.29, 1.82) is 5.26 Å². The molecule has 1 aromatic carbocycles. The van der Waals surface area contributed by atoms with Gasteiger partial charge in [0.15, 0.2) is 17.7 Å². The van der Waals surface area contributed by atoms with Crippen LogP contribution in [0.3, 0.4) is 0 Å². The topological polar surface area (TPSA) is 75.2 Å². The minimum Gasteiger partial charge on any atom is -0.423 e. The molecule has 0 amide bonds. The maximum absolute atomic E-state index is 14.2. The van der Waals surface area contributed by atoms with E-state index in [1.165, 1.54) is 4.90 Å². The van der Waals surface area contributed by atoms with E-state index < -0.39 is 17.7 Å². The van der Waals surface area contributed by atoms with E-state index in [2.05, 4.69) is 10.2 Å². The molecule has 0 bridgehead atoms. The van der Waals surface area contributed by atoms with Gasteiger partial charge in [0.05, 0.1) is 24.3 Å². The van der Waals surface area contributed by atoms with Gasteiger partial charge >= 0.3 is 0 Å². The van der Waals surface area contributed by atoms with Crippen LogP contribution in [0.25, 0.3) is 0 Å². The van der Waals surface area contributed by atoms with Crippen LogP contribution in [0.15, 0.2) is 16.5 Å². The van der Waals surface area contributed by atoms with Gasteiger partial charge in [-0.1, -0.05) is 0 Å². The van der Waals surface area contributed by atoms with Crippen molar-refractivity contribution in [3.63, 3.8) is 0 Å². The van der Waals surface area contributed by atoms with Gasteiger partial charge in [0.1, 0.15) is 5.69 Å². The van der Waals surface area contributed by atoms with E-state index in [1.807, 2.05) is 0 Å². The normalized spacial score (nSPS) is 21.3. The van der Waals surface area contributed by atoms with Gasteiger partial charge in [-0.05, 0) is 19.1 Å². The minimum absolute atomic E-state index is 0.0610. The Balaban J connectivity index is 1.92. The molecule has 2 aromatic rings. The van der Waals surface area contributed by atoms with Crippen LogP contribution in [0.2, 0.25) is 0 Å². The van der Waals surface area contributed by atoms with Gasteiger partial charge in [0, 0.05) is 13.5 Å². The lowest BCUT2D eigenvalue weighted by atomic mass is 10.1. The highest BCUT2D eigenvalue weighted by molar-refractivity contribution is 5.53. The number of rotatable bonds is 2. The van der Waals surface area contributed by atoms with Crippen molar-refractivity contribution in [3.8, 4) is 6.07 Å². The van der Waals surface area contributed by atoms with Crippen LogP contribution in [-0.2, 0) is 4.74 Å². The standard InChI is InChI=1S/C15H14F2N4O2/c1-8-6-21(7-13(22-8)15-20-19-9(2)23-15)14-11(16)3-10(5-18)4-12(14)17/h3-4,8,13H,6-7H2,1-2H3/t8-,13-/m1/s1. The number of hydrogen-bond donors (Lipinski definition) is 0. The van der Waals surface area contributed by atoms with E-state index >= 15 is 0 Å². The third kappa shape index (κ3) is 3.00. The van der Waals surface area contributed by atoms with Crippen molar-refractivity contribution in [2.24, 2.45) is 0 Å². The predicted octanol–water partition coefficient (Wildman–Crippen LogP) is 2.49. The Hall–Kier alpha value is -2.53. The van der Waals surface area contributed by atoms with Gasteiger partial charge < -0.3 is 14.1 Å². The lowest BCUT2D eigenvalue weighted by molar-refractivity contribution is -0.0314. The fourth-order valence-electron chi connectivity index (χ4n) is 2.64. The summed E-state index contributed by atoms with van der Waals surface area (Å²) in [7, 11) is 0. The van der Waals surface area contributed by atoms with Gasteiger partial charge in [-0.25, -0.2) is 8.78 Å². The van der Waals surface area contributed by atoms with Crippen molar-refractivity contribution in [3.05, 3.63) is 41.1 Å². The monoisotopic (exact) mass is 320 g/mol. The average molecular weight is 320 g/mol. The van der Waals surface area contributed by atoms with E-state index in [4.69, 9.17) is 14.4 Å². The molecule has 1 aliphatic heterocycles. The number of ether oxygens (including phenoxy) is 1. The van der Waals surface area contributed by atoms with Crippen LogP contribution in [0.4, 0.5) is 14.5 Å². The highest BCUT2D eigenvalue weighted by Gasteiger charge is 2.32. The molecule has 2 atom stereocenters. The SMILES string of the molecule is Cc1nnc([C@H]2CN(c3c(F)cc(C#N)cc3F)C[C@@H](C)O2)o1. The molecule has 1 aromatic heterocycles. The fraction of sp³-hybridized carbons (Fsp3) is 0.400. The van der Waals surface area contributed by atoms with Crippen molar-refractivity contribution in [2.75, 3.05) is 18.0 Å². The third-order valence-corrected chi connectivity index (χ3v) is 3.54. The number of hydrogen-bond acceptors (Lipinski definition) is 6. The van der Waals surface area contributed by atoms with E-state index in [-0.39, 0.29) is 29.8 Å². The summed E-state index contributed by atoms with van der Waals surface area (Å²) in [5.74, 6) is -0.898. The lowest BCUT2D eigenvalue weighted by Crippen LogP contribution is -2.43. The van der Waals surface area contributed by atoms with Crippen molar-refractivity contribution >= 4 is 5.69 Å². The minimum atomic E-state index is -0.781. The van der Waals surface area contributed by atoms with Crippen LogP contribution < -0.4 is 4.90 Å². The quantitative estimate of drug-likeness (QED) is 0.846. The van der Waals surface area contributed by atoms with Crippen LogP contribution in [0.1, 0.15) is 30.4 Å². The second-order valence-corrected chi connectivity index (χ2v) is 5.40. The lowest BCUT2D eigenvalue weighted by Gasteiger charge is -2.37. The summed E-state index contributed by atoms with van der Waals surface area (Å²) in [4.78, 5) is 1.53. The fourth-order valence-corrected chi connectivity index (χ4v) is 2.64. The van der Waals surface area contributed by atoms with Gasteiger partial charge in [-0.2, -0.15) is 5.26 Å². The van der Waals surface area contributed by atoms with Gasteiger partial charge in [0.2, 0.25) is 11.8 Å². The zero-order valence-corrected chi connectivity index (χ0v) is 12.6. The van der Waals surface area contributed by atoms with Gasteiger partial charge in [-0.15, -0.1) is 10.2 Å². The molecule has 6 nitrogen and oxygen atoms in total. The summed E-state index contributed by atoms with van der Waals surface area (Å²) in [6.07, 6.45) is -0.857. The Morgan fingerprint density at radius 3 is 2.52 bits per heavy atom. The number of halogens is 2. The van der Waals surface area contributed by atoms with Crippen LogP contribution >= 0.6 is 0 Å². The largest absolute Gasteiger partial charge is 0.423 e. The highest BCUT2D eigenvalue weighted by atomic mass is 19.1. The molecule has 0 spiro atoms. The molecular weight excluding hydrogens is 306 g/mol. The van der Waals surface area contributed by atoms with Crippen molar-refractivity contribution < 1.29 is 17.9 Å². The smallest absolute Gasteiger partial charge is 0.247 e. The summed E-state index contributed by atoms with van der Waals surface area (Å²) in [5.41, 5.74) is -0.241. The summed E-state index contributed by atoms with van der Waals surface area (Å²) in [6.45, 7) is 3.93. The molecule has 8 heteroatoms. The van der Waals surface area contributed by atoms with Crippen molar-refractivity contribution in [2.45, 2.75) is 26.1 Å². The first kappa shape index (κ1) is 15.4. The maximum atomic E-state index is 14.2. The Bertz CT molecular complexity index is 748. The Labute approximate surface area is 131 Å². The highest BCUT2D eigenvalue weighted by Crippen LogP contribution is 2.31. The number of nitrogens with zero attached hydrogens (tertiary/aromatic N) is 4. The molecule has 1 fully saturated rings. The Kier molecular flexibility index (Phi) is 3.96. The molecule has 1 aliphatic rings. The molecule has 0 radical (unpaired) electrons. The average Bonchev–Trinajstić information content (AvgIpc) is 2.92. The predicted molar refractivity (Wildman–Crippen MR) is 75.6 cm³/mol. The van der Waals surface area contributed by atoms with Crippen LogP contribution in [0, 0.1) is 29.9 Å². The zero-order chi connectivity index (χ0) is 16.6. The molecule has 3 rings (SSSR count). The molecule has 120 valence electrons. The molecule has 1 saturated heterocycles. The second-order valence-electron chi connectivity index (χ2n) is 5.40. The summed E-state index contributed by atoms with van der Waals surface area (Å²) in [5, 5.41) is 16.4. The molecule has 0 saturated carbocycles. The summed E-state index contributed by atoms with van der Waals surface area (Å²) >= 11 is 0. The second kappa shape index (κ2) is 5.93. The van der Waals surface area contributed by atoms with E-state index in [9.17, 15) is 8.78 Å². The first-order valence-electron chi connectivity index (χ1n) is 7.07. The molecule has 0 unspecified atom stereocenters. The Morgan fingerprint density at radius 1 is 1.26 bits per heavy atom. The molecular formula is C15H14F2N4O2. The summed E-state index contributed by atoms with van der Waals surface area (Å²) in [6, 6.07) is 3.76. The first-order chi connectivity index (χ1) is 11.0.